The van der Waals surface area contributed by atoms with Crippen molar-refractivity contribution in [3.63, 3.8) is 0 Å². The van der Waals surface area contributed by atoms with Crippen molar-refractivity contribution < 1.29 is 19.1 Å². The van der Waals surface area contributed by atoms with Crippen LogP contribution in [0.25, 0.3) is 0 Å². The van der Waals surface area contributed by atoms with Crippen molar-refractivity contribution in [3.05, 3.63) is 23.2 Å². The van der Waals surface area contributed by atoms with Crippen molar-refractivity contribution in [1.82, 2.24) is 5.32 Å². The van der Waals surface area contributed by atoms with Gasteiger partial charge in [0.15, 0.2) is 0 Å². The summed E-state index contributed by atoms with van der Waals surface area (Å²) in [6, 6.07) is 0.116. The van der Waals surface area contributed by atoms with Crippen LogP contribution in [0, 0.1) is 12.3 Å². The van der Waals surface area contributed by atoms with Gasteiger partial charge in [-0.1, -0.05) is 26.7 Å². The van der Waals surface area contributed by atoms with Gasteiger partial charge in [-0.3, -0.25) is 9.59 Å². The first-order valence-electron chi connectivity index (χ1n) is 7.41. The monoisotopic (exact) mass is 293 g/mol. The lowest BCUT2D eigenvalue weighted by Gasteiger charge is -2.39. The molecule has 2 N–H and O–H groups in total. The van der Waals surface area contributed by atoms with Gasteiger partial charge in [0.1, 0.15) is 12.2 Å². The van der Waals surface area contributed by atoms with E-state index in [1.165, 1.54) is 12.7 Å². The second kappa shape index (κ2) is 5.92. The standard InChI is InChI=1S/C16H23NO4/c1-10-9-21-11(8-13(18)19)14(10)15(20)17-12-6-4-5-7-16(12,2)3/h9,12H,4-8H2,1-3H3,(H,17,20)(H,18,19). The molecule has 2 rings (SSSR count). The molecule has 1 aliphatic rings. The van der Waals surface area contributed by atoms with Gasteiger partial charge in [-0.15, -0.1) is 0 Å². The van der Waals surface area contributed by atoms with Crippen molar-refractivity contribution in [2.45, 2.75) is 58.9 Å². The third kappa shape index (κ3) is 3.46. The molecular weight excluding hydrogens is 270 g/mol. The van der Waals surface area contributed by atoms with E-state index in [1.54, 1.807) is 6.92 Å². The minimum absolute atomic E-state index is 0.0680. The van der Waals surface area contributed by atoms with Crippen molar-refractivity contribution in [3.8, 4) is 0 Å². The third-order valence-corrected chi connectivity index (χ3v) is 4.40. The average Bonchev–Trinajstić information content (AvgIpc) is 2.72. The molecule has 0 aliphatic heterocycles. The number of aryl methyl sites for hydroxylation is 1. The number of aliphatic carboxylic acids is 1. The van der Waals surface area contributed by atoms with Crippen molar-refractivity contribution in [2.24, 2.45) is 5.41 Å². The zero-order valence-electron chi connectivity index (χ0n) is 12.9. The summed E-state index contributed by atoms with van der Waals surface area (Å²) >= 11 is 0. The maximum Gasteiger partial charge on any atom is 0.311 e. The Morgan fingerprint density at radius 2 is 2.14 bits per heavy atom. The molecule has 1 aromatic rings. The van der Waals surface area contributed by atoms with E-state index in [0.29, 0.717) is 11.1 Å². The number of carboxylic acid groups (broad SMARTS) is 1. The van der Waals surface area contributed by atoms with Gasteiger partial charge >= 0.3 is 5.97 Å². The fourth-order valence-corrected chi connectivity index (χ4v) is 3.06. The molecule has 0 spiro atoms. The Morgan fingerprint density at radius 1 is 1.43 bits per heavy atom. The molecule has 0 radical (unpaired) electrons. The van der Waals surface area contributed by atoms with E-state index in [9.17, 15) is 9.59 Å². The summed E-state index contributed by atoms with van der Waals surface area (Å²) in [7, 11) is 0. The first kappa shape index (κ1) is 15.6. The number of carbonyl (C=O) groups excluding carboxylic acids is 1. The largest absolute Gasteiger partial charge is 0.481 e. The van der Waals surface area contributed by atoms with E-state index in [-0.39, 0.29) is 29.5 Å². The molecule has 1 saturated carbocycles. The lowest BCUT2D eigenvalue weighted by Crippen LogP contribution is -2.47. The van der Waals surface area contributed by atoms with Gasteiger partial charge in [0.05, 0.1) is 11.8 Å². The Bertz CT molecular complexity index is 544. The van der Waals surface area contributed by atoms with Crippen LogP contribution in [0.15, 0.2) is 10.7 Å². The molecule has 5 heteroatoms. The van der Waals surface area contributed by atoms with Gasteiger partial charge in [0.2, 0.25) is 0 Å². The van der Waals surface area contributed by atoms with Gasteiger partial charge in [0.25, 0.3) is 5.91 Å². The van der Waals surface area contributed by atoms with E-state index < -0.39 is 5.97 Å². The Hall–Kier alpha value is -1.78. The van der Waals surface area contributed by atoms with Crippen LogP contribution in [0.2, 0.25) is 0 Å². The Labute approximate surface area is 124 Å². The van der Waals surface area contributed by atoms with Gasteiger partial charge in [-0.25, -0.2) is 0 Å². The molecule has 0 saturated heterocycles. The summed E-state index contributed by atoms with van der Waals surface area (Å²) in [4.78, 5) is 23.4. The van der Waals surface area contributed by atoms with Crippen LogP contribution in [0.4, 0.5) is 0 Å². The third-order valence-electron chi connectivity index (χ3n) is 4.40. The molecule has 0 bridgehead atoms. The quantitative estimate of drug-likeness (QED) is 0.894. The minimum atomic E-state index is -1.00. The number of furan rings is 1. The maximum atomic E-state index is 12.5. The van der Waals surface area contributed by atoms with Crippen LogP contribution in [-0.2, 0) is 11.2 Å². The predicted octanol–water partition coefficient (Wildman–Crippen LogP) is 2.91. The lowest BCUT2D eigenvalue weighted by atomic mass is 9.73. The van der Waals surface area contributed by atoms with Crippen LogP contribution in [0.3, 0.4) is 0 Å². The Morgan fingerprint density at radius 3 is 2.76 bits per heavy atom. The number of carboxylic acids is 1. The van der Waals surface area contributed by atoms with Crippen LogP contribution in [-0.4, -0.2) is 23.0 Å². The van der Waals surface area contributed by atoms with E-state index in [1.807, 2.05) is 0 Å². The number of hydrogen-bond donors (Lipinski definition) is 2. The zero-order valence-corrected chi connectivity index (χ0v) is 12.9. The lowest BCUT2D eigenvalue weighted by molar-refractivity contribution is -0.136. The first-order valence-corrected chi connectivity index (χ1v) is 7.41. The van der Waals surface area contributed by atoms with Gasteiger partial charge < -0.3 is 14.8 Å². The molecule has 0 aromatic carbocycles. The van der Waals surface area contributed by atoms with Crippen LogP contribution >= 0.6 is 0 Å². The van der Waals surface area contributed by atoms with Gasteiger partial charge in [0, 0.05) is 11.6 Å². The topological polar surface area (TPSA) is 79.5 Å². The van der Waals surface area contributed by atoms with Crippen LogP contribution < -0.4 is 5.32 Å². The summed E-state index contributed by atoms with van der Waals surface area (Å²) in [5, 5.41) is 12.0. The van der Waals surface area contributed by atoms with Gasteiger partial charge in [-0.2, -0.15) is 0 Å². The molecule has 21 heavy (non-hydrogen) atoms. The summed E-state index contributed by atoms with van der Waals surface area (Å²) in [6.07, 6.45) is 5.52. The summed E-state index contributed by atoms with van der Waals surface area (Å²) < 4.78 is 5.23. The van der Waals surface area contributed by atoms with Crippen LogP contribution in [0.5, 0.6) is 0 Å². The fraction of sp³-hybridized carbons (Fsp3) is 0.625. The number of carbonyl (C=O) groups is 2. The Balaban J connectivity index is 2.16. The van der Waals surface area contributed by atoms with E-state index in [2.05, 4.69) is 19.2 Å². The van der Waals surface area contributed by atoms with Crippen molar-refractivity contribution >= 4 is 11.9 Å². The van der Waals surface area contributed by atoms with Crippen molar-refractivity contribution in [1.29, 1.82) is 0 Å². The predicted molar refractivity (Wildman–Crippen MR) is 78.3 cm³/mol. The molecule has 1 aromatic heterocycles. The highest BCUT2D eigenvalue weighted by Gasteiger charge is 2.34. The van der Waals surface area contributed by atoms with Gasteiger partial charge in [-0.05, 0) is 25.2 Å². The molecule has 1 fully saturated rings. The fourth-order valence-electron chi connectivity index (χ4n) is 3.06. The molecular formula is C16H23NO4. The second-order valence-electron chi connectivity index (χ2n) is 6.55. The van der Waals surface area contributed by atoms with E-state index in [0.717, 1.165) is 19.3 Å². The van der Waals surface area contributed by atoms with Crippen LogP contribution in [0.1, 0.15) is 61.2 Å². The highest BCUT2D eigenvalue weighted by Crippen LogP contribution is 2.35. The number of amides is 1. The summed E-state index contributed by atoms with van der Waals surface area (Å²) in [6.45, 7) is 6.09. The Kier molecular flexibility index (Phi) is 4.40. The smallest absolute Gasteiger partial charge is 0.311 e. The summed E-state index contributed by atoms with van der Waals surface area (Å²) in [5.41, 5.74) is 1.12. The molecule has 1 unspecified atom stereocenters. The number of hydrogen-bond acceptors (Lipinski definition) is 3. The normalized spacial score (nSPS) is 21.0. The molecule has 116 valence electrons. The second-order valence-corrected chi connectivity index (χ2v) is 6.55. The number of rotatable bonds is 4. The minimum Gasteiger partial charge on any atom is -0.481 e. The van der Waals surface area contributed by atoms with E-state index in [4.69, 9.17) is 9.52 Å². The maximum absolute atomic E-state index is 12.5. The average molecular weight is 293 g/mol. The zero-order chi connectivity index (χ0) is 15.6. The molecule has 1 aliphatic carbocycles. The SMILES string of the molecule is Cc1coc(CC(=O)O)c1C(=O)NC1CCCCC1(C)C. The molecule has 1 heterocycles. The number of nitrogens with one attached hydrogen (secondary N) is 1. The van der Waals surface area contributed by atoms with Crippen molar-refractivity contribution in [2.75, 3.05) is 0 Å². The molecule has 5 nitrogen and oxygen atoms in total. The molecule has 1 amide bonds. The highest BCUT2D eigenvalue weighted by atomic mass is 16.4. The summed E-state index contributed by atoms with van der Waals surface area (Å²) in [5.74, 6) is -1.00. The van der Waals surface area contributed by atoms with E-state index >= 15 is 0 Å². The molecule has 1 atom stereocenters. The first-order chi connectivity index (χ1) is 9.81. The highest BCUT2D eigenvalue weighted by molar-refractivity contribution is 5.97.